The van der Waals surface area contributed by atoms with Crippen molar-refractivity contribution < 1.29 is 0 Å². The maximum absolute atomic E-state index is 11.6. The van der Waals surface area contributed by atoms with E-state index in [1.54, 1.807) is 6.07 Å². The van der Waals surface area contributed by atoms with Crippen molar-refractivity contribution in [1.29, 1.82) is 0 Å². The highest BCUT2D eigenvalue weighted by Gasteiger charge is 2.49. The minimum absolute atomic E-state index is 0.0254. The maximum atomic E-state index is 11.6. The fraction of sp³-hybridized carbons (Fsp3) is 0.733. The standard InChI is InChI=1S/C15H21N3O/c16-8-13-14(19)1-2-18(17-13)15-11-4-9-3-10(6-11)7-12(15)5-9/h1-2,9-12,15H,3-8,16H2. The van der Waals surface area contributed by atoms with Gasteiger partial charge in [0, 0.05) is 18.8 Å². The van der Waals surface area contributed by atoms with Gasteiger partial charge in [-0.25, -0.2) is 0 Å². The second-order valence-electron chi connectivity index (χ2n) is 6.73. The fourth-order valence-electron chi connectivity index (χ4n) is 5.10. The first-order chi connectivity index (χ1) is 9.24. The van der Waals surface area contributed by atoms with Gasteiger partial charge in [-0.3, -0.25) is 9.48 Å². The smallest absolute Gasteiger partial charge is 0.204 e. The van der Waals surface area contributed by atoms with E-state index in [9.17, 15) is 4.79 Å². The number of aromatic nitrogens is 2. The van der Waals surface area contributed by atoms with E-state index < -0.39 is 0 Å². The summed E-state index contributed by atoms with van der Waals surface area (Å²) >= 11 is 0. The third-order valence-electron chi connectivity index (χ3n) is 5.58. The highest BCUT2D eigenvalue weighted by molar-refractivity contribution is 5.05. The zero-order valence-electron chi connectivity index (χ0n) is 11.2. The number of hydrogen-bond donors (Lipinski definition) is 1. The van der Waals surface area contributed by atoms with Crippen LogP contribution in [0.5, 0.6) is 0 Å². The molecule has 1 heterocycles. The third kappa shape index (κ3) is 1.76. The van der Waals surface area contributed by atoms with Crippen molar-refractivity contribution in [2.45, 2.75) is 44.7 Å². The van der Waals surface area contributed by atoms with Crippen LogP contribution in [0.2, 0.25) is 0 Å². The van der Waals surface area contributed by atoms with Gasteiger partial charge in [-0.1, -0.05) is 0 Å². The zero-order valence-corrected chi connectivity index (χ0v) is 11.2. The van der Waals surface area contributed by atoms with Gasteiger partial charge in [0.2, 0.25) is 5.43 Å². The van der Waals surface area contributed by atoms with E-state index >= 15 is 0 Å². The molecule has 2 N–H and O–H groups in total. The van der Waals surface area contributed by atoms with Gasteiger partial charge in [0.1, 0.15) is 5.69 Å². The Bertz CT molecular complexity index is 523. The number of nitrogens with two attached hydrogens (primary N) is 1. The molecular formula is C15H21N3O. The van der Waals surface area contributed by atoms with E-state index in [0.29, 0.717) is 11.7 Å². The van der Waals surface area contributed by atoms with Gasteiger partial charge in [0.15, 0.2) is 0 Å². The van der Waals surface area contributed by atoms with E-state index in [1.807, 2.05) is 6.20 Å². The van der Waals surface area contributed by atoms with Crippen LogP contribution in [0.4, 0.5) is 0 Å². The van der Waals surface area contributed by atoms with E-state index in [-0.39, 0.29) is 12.0 Å². The Morgan fingerprint density at radius 1 is 1.16 bits per heavy atom. The summed E-state index contributed by atoms with van der Waals surface area (Å²) < 4.78 is 2.07. The van der Waals surface area contributed by atoms with E-state index in [1.165, 1.54) is 32.1 Å². The van der Waals surface area contributed by atoms with Crippen LogP contribution in [0.25, 0.3) is 0 Å². The second kappa shape index (κ2) is 4.17. The summed E-state index contributed by atoms with van der Waals surface area (Å²) in [4.78, 5) is 11.6. The minimum Gasteiger partial charge on any atom is -0.325 e. The lowest BCUT2D eigenvalue weighted by molar-refractivity contribution is -0.0344. The molecule has 0 spiro atoms. The summed E-state index contributed by atoms with van der Waals surface area (Å²) in [6.45, 7) is 0.243. The third-order valence-corrected chi connectivity index (χ3v) is 5.58. The summed E-state index contributed by atoms with van der Waals surface area (Å²) in [5, 5.41) is 4.52. The quantitative estimate of drug-likeness (QED) is 0.879. The molecule has 0 aromatic carbocycles. The van der Waals surface area contributed by atoms with Gasteiger partial charge in [-0.15, -0.1) is 0 Å². The van der Waals surface area contributed by atoms with Gasteiger partial charge in [0.25, 0.3) is 0 Å². The monoisotopic (exact) mass is 259 g/mol. The summed E-state index contributed by atoms with van der Waals surface area (Å²) in [5.41, 5.74) is 6.10. The lowest BCUT2D eigenvalue weighted by Gasteiger charge is -2.54. The van der Waals surface area contributed by atoms with Crippen molar-refractivity contribution in [2.24, 2.45) is 29.4 Å². The highest BCUT2D eigenvalue weighted by Crippen LogP contribution is 2.57. The molecule has 0 unspecified atom stereocenters. The van der Waals surface area contributed by atoms with E-state index in [2.05, 4.69) is 9.78 Å². The minimum atomic E-state index is -0.0254. The molecule has 4 aliphatic rings. The molecule has 0 amide bonds. The number of hydrogen-bond acceptors (Lipinski definition) is 3. The Hall–Kier alpha value is -1.16. The Labute approximate surface area is 113 Å². The van der Waals surface area contributed by atoms with Gasteiger partial charge in [-0.05, 0) is 55.8 Å². The summed E-state index contributed by atoms with van der Waals surface area (Å²) in [5.74, 6) is 3.48. The predicted molar refractivity (Wildman–Crippen MR) is 72.5 cm³/mol. The number of rotatable bonds is 2. The molecule has 0 aliphatic heterocycles. The first kappa shape index (κ1) is 11.6. The van der Waals surface area contributed by atoms with Crippen molar-refractivity contribution in [1.82, 2.24) is 9.78 Å². The van der Waals surface area contributed by atoms with Crippen LogP contribution in [0.1, 0.15) is 43.8 Å². The van der Waals surface area contributed by atoms with E-state index in [0.717, 1.165) is 23.7 Å². The zero-order chi connectivity index (χ0) is 13.0. The average molecular weight is 259 g/mol. The van der Waals surface area contributed by atoms with Crippen LogP contribution >= 0.6 is 0 Å². The maximum Gasteiger partial charge on any atom is 0.204 e. The largest absolute Gasteiger partial charge is 0.325 e. The first-order valence-corrected chi connectivity index (χ1v) is 7.53. The second-order valence-corrected chi connectivity index (χ2v) is 6.73. The predicted octanol–water partition coefficient (Wildman–Crippen LogP) is 1.70. The molecule has 4 fully saturated rings. The molecule has 1 aromatic heterocycles. The molecule has 102 valence electrons. The number of nitrogens with zero attached hydrogens (tertiary/aromatic N) is 2. The van der Waals surface area contributed by atoms with Crippen LogP contribution < -0.4 is 11.2 Å². The van der Waals surface area contributed by atoms with Crippen molar-refractivity contribution in [3.05, 3.63) is 28.2 Å². The van der Waals surface area contributed by atoms with Gasteiger partial charge >= 0.3 is 0 Å². The molecule has 4 saturated carbocycles. The van der Waals surface area contributed by atoms with Gasteiger partial charge in [-0.2, -0.15) is 5.10 Å². The van der Waals surface area contributed by atoms with Crippen molar-refractivity contribution in [2.75, 3.05) is 0 Å². The van der Waals surface area contributed by atoms with Crippen LogP contribution in [-0.2, 0) is 6.54 Å². The topological polar surface area (TPSA) is 60.9 Å². The molecular weight excluding hydrogens is 238 g/mol. The van der Waals surface area contributed by atoms with Crippen LogP contribution in [0.3, 0.4) is 0 Å². The van der Waals surface area contributed by atoms with Gasteiger partial charge < -0.3 is 5.73 Å². The van der Waals surface area contributed by atoms with Crippen molar-refractivity contribution in [3.63, 3.8) is 0 Å². The molecule has 0 radical (unpaired) electrons. The van der Waals surface area contributed by atoms with Gasteiger partial charge in [0.05, 0.1) is 6.04 Å². The highest BCUT2D eigenvalue weighted by atomic mass is 16.1. The fourth-order valence-corrected chi connectivity index (χ4v) is 5.10. The van der Waals surface area contributed by atoms with Crippen LogP contribution in [-0.4, -0.2) is 9.78 Å². The summed E-state index contributed by atoms with van der Waals surface area (Å²) in [7, 11) is 0. The molecule has 5 rings (SSSR count). The SMILES string of the molecule is NCc1nn(C2C3CC4CC(C3)CC2C4)ccc1=O. The Balaban J connectivity index is 1.71. The normalized spacial score (nSPS) is 39.7. The lowest BCUT2D eigenvalue weighted by atomic mass is 9.54. The van der Waals surface area contributed by atoms with Crippen LogP contribution in [0, 0.1) is 23.7 Å². The summed E-state index contributed by atoms with van der Waals surface area (Å²) in [6.07, 6.45) is 8.81. The Morgan fingerprint density at radius 3 is 2.37 bits per heavy atom. The van der Waals surface area contributed by atoms with Crippen LogP contribution in [0.15, 0.2) is 17.1 Å². The average Bonchev–Trinajstić information content (AvgIpc) is 2.39. The molecule has 4 heteroatoms. The van der Waals surface area contributed by atoms with Crippen molar-refractivity contribution >= 4 is 0 Å². The Morgan fingerprint density at radius 2 is 1.79 bits per heavy atom. The Kier molecular flexibility index (Phi) is 2.56. The molecule has 4 aliphatic carbocycles. The molecule has 0 saturated heterocycles. The molecule has 0 atom stereocenters. The molecule has 4 bridgehead atoms. The van der Waals surface area contributed by atoms with E-state index in [4.69, 9.17) is 5.73 Å². The lowest BCUT2D eigenvalue weighted by Crippen LogP contribution is -2.46. The summed E-state index contributed by atoms with van der Waals surface area (Å²) in [6, 6.07) is 2.15. The molecule has 19 heavy (non-hydrogen) atoms. The van der Waals surface area contributed by atoms with Crippen molar-refractivity contribution in [3.8, 4) is 0 Å². The first-order valence-electron chi connectivity index (χ1n) is 7.53. The molecule has 4 nitrogen and oxygen atoms in total. The molecule has 1 aromatic rings.